The Morgan fingerprint density at radius 3 is 2.65 bits per heavy atom. The number of morpholine rings is 1. The Morgan fingerprint density at radius 1 is 1.18 bits per heavy atom. The van der Waals surface area contributed by atoms with Crippen molar-refractivity contribution in [3.05, 3.63) is 53.1 Å². The first-order valence-electron chi connectivity index (χ1n) is 11.7. The van der Waals surface area contributed by atoms with Crippen LogP contribution in [0.3, 0.4) is 0 Å². The van der Waals surface area contributed by atoms with Gasteiger partial charge in [0, 0.05) is 48.9 Å². The van der Waals surface area contributed by atoms with Crippen LogP contribution in [0.1, 0.15) is 44.4 Å². The fourth-order valence-corrected chi connectivity index (χ4v) is 4.24. The van der Waals surface area contributed by atoms with Gasteiger partial charge in [0.15, 0.2) is 0 Å². The second-order valence-corrected chi connectivity index (χ2v) is 9.76. The van der Waals surface area contributed by atoms with Crippen LogP contribution in [0.25, 0.3) is 11.6 Å². The zero-order valence-electron chi connectivity index (χ0n) is 20.4. The van der Waals surface area contributed by atoms with Gasteiger partial charge in [-0.05, 0) is 41.3 Å². The lowest BCUT2D eigenvalue weighted by Crippen LogP contribution is -2.38. The Bertz CT molecular complexity index is 1110. The maximum Gasteiger partial charge on any atom is 0.256 e. The van der Waals surface area contributed by atoms with E-state index in [1.165, 1.54) is 6.92 Å². The van der Waals surface area contributed by atoms with Crippen molar-refractivity contribution < 1.29 is 19.1 Å². The molecule has 7 nitrogen and oxygen atoms in total. The summed E-state index contributed by atoms with van der Waals surface area (Å²) in [5, 5.41) is 5.65. The molecule has 2 amide bonds. The van der Waals surface area contributed by atoms with Crippen molar-refractivity contribution in [3.8, 4) is 5.75 Å². The standard InChI is InChI=1S/C27H33N3O4/c1-18(31)28-20-6-7-21-22(26(32)29-24(21)17-20)15-19-5-8-25(23(16-19)27(2,3)4)34-14-11-30-9-12-33-13-10-30/h5-8,15-17H,9-14H2,1-4H3,(H,28,31)(H,29,32)/b22-15-. The van der Waals surface area contributed by atoms with Gasteiger partial charge < -0.3 is 20.1 Å². The van der Waals surface area contributed by atoms with E-state index in [4.69, 9.17) is 9.47 Å². The molecule has 4 rings (SSSR count). The Hall–Kier alpha value is -3.16. The molecule has 2 aromatic carbocycles. The van der Waals surface area contributed by atoms with E-state index < -0.39 is 0 Å². The topological polar surface area (TPSA) is 79.9 Å². The molecule has 0 radical (unpaired) electrons. The van der Waals surface area contributed by atoms with E-state index >= 15 is 0 Å². The van der Waals surface area contributed by atoms with Gasteiger partial charge in [0.05, 0.1) is 18.9 Å². The molecule has 0 aliphatic carbocycles. The van der Waals surface area contributed by atoms with Gasteiger partial charge in [-0.25, -0.2) is 0 Å². The van der Waals surface area contributed by atoms with Crippen molar-refractivity contribution in [3.63, 3.8) is 0 Å². The molecule has 0 bridgehead atoms. The van der Waals surface area contributed by atoms with Gasteiger partial charge in [-0.15, -0.1) is 0 Å². The summed E-state index contributed by atoms with van der Waals surface area (Å²) in [5.41, 5.74) is 4.69. The minimum absolute atomic E-state index is 0.119. The second-order valence-electron chi connectivity index (χ2n) is 9.76. The van der Waals surface area contributed by atoms with Crippen molar-refractivity contribution in [2.24, 2.45) is 0 Å². The zero-order valence-corrected chi connectivity index (χ0v) is 20.4. The Balaban J connectivity index is 1.55. The SMILES string of the molecule is CC(=O)Nc1ccc2c(c1)NC(=O)/C2=C\c1ccc(OCCN2CCOCC2)c(C(C)(C)C)c1. The van der Waals surface area contributed by atoms with Crippen LogP contribution in [0.2, 0.25) is 0 Å². The Kier molecular flexibility index (Phi) is 7.05. The number of amides is 2. The first-order valence-corrected chi connectivity index (χ1v) is 11.7. The van der Waals surface area contributed by atoms with Gasteiger partial charge in [-0.3, -0.25) is 14.5 Å². The Morgan fingerprint density at radius 2 is 1.94 bits per heavy atom. The highest BCUT2D eigenvalue weighted by Crippen LogP contribution is 2.37. The normalized spacial score (nSPS) is 17.4. The van der Waals surface area contributed by atoms with Crippen LogP contribution in [0.5, 0.6) is 5.75 Å². The summed E-state index contributed by atoms with van der Waals surface area (Å²) in [5.74, 6) is 0.569. The monoisotopic (exact) mass is 463 g/mol. The maximum atomic E-state index is 12.7. The molecule has 1 fully saturated rings. The number of nitrogens with one attached hydrogen (secondary N) is 2. The molecule has 34 heavy (non-hydrogen) atoms. The summed E-state index contributed by atoms with van der Waals surface area (Å²) >= 11 is 0. The lowest BCUT2D eigenvalue weighted by Gasteiger charge is -2.27. The number of hydrogen-bond donors (Lipinski definition) is 2. The number of nitrogens with zero attached hydrogens (tertiary/aromatic N) is 1. The highest BCUT2D eigenvalue weighted by atomic mass is 16.5. The minimum atomic E-state index is -0.155. The van der Waals surface area contributed by atoms with E-state index in [0.29, 0.717) is 23.6 Å². The maximum absolute atomic E-state index is 12.7. The van der Waals surface area contributed by atoms with Crippen LogP contribution in [-0.2, 0) is 19.7 Å². The highest BCUT2D eigenvalue weighted by Gasteiger charge is 2.25. The third-order valence-electron chi connectivity index (χ3n) is 6.01. The number of hydrogen-bond acceptors (Lipinski definition) is 5. The van der Waals surface area contributed by atoms with Crippen molar-refractivity contribution in [2.75, 3.05) is 50.1 Å². The molecule has 2 N–H and O–H groups in total. The fourth-order valence-electron chi connectivity index (χ4n) is 4.24. The number of benzene rings is 2. The van der Waals surface area contributed by atoms with Crippen LogP contribution in [-0.4, -0.2) is 56.2 Å². The molecule has 0 unspecified atom stereocenters. The predicted molar refractivity (Wildman–Crippen MR) is 135 cm³/mol. The average molecular weight is 464 g/mol. The second kappa shape index (κ2) is 9.99. The van der Waals surface area contributed by atoms with Crippen LogP contribution >= 0.6 is 0 Å². The summed E-state index contributed by atoms with van der Waals surface area (Å²) in [7, 11) is 0. The van der Waals surface area contributed by atoms with Gasteiger partial charge in [0.25, 0.3) is 5.91 Å². The lowest BCUT2D eigenvalue weighted by atomic mass is 9.85. The molecule has 2 aromatic rings. The van der Waals surface area contributed by atoms with E-state index in [2.05, 4.69) is 42.4 Å². The van der Waals surface area contributed by atoms with E-state index in [1.807, 2.05) is 24.3 Å². The van der Waals surface area contributed by atoms with Gasteiger partial charge >= 0.3 is 0 Å². The number of ether oxygens (including phenoxy) is 2. The summed E-state index contributed by atoms with van der Waals surface area (Å²) < 4.78 is 11.6. The number of carbonyl (C=O) groups excluding carboxylic acids is 2. The molecule has 2 aliphatic heterocycles. The van der Waals surface area contributed by atoms with Crippen LogP contribution < -0.4 is 15.4 Å². The number of rotatable bonds is 6. The van der Waals surface area contributed by atoms with E-state index in [9.17, 15) is 9.59 Å². The highest BCUT2D eigenvalue weighted by molar-refractivity contribution is 6.35. The molecule has 0 spiro atoms. The first-order chi connectivity index (χ1) is 16.2. The first kappa shape index (κ1) is 24.0. The largest absolute Gasteiger partial charge is 0.492 e. The molecule has 0 saturated carbocycles. The molecule has 7 heteroatoms. The summed E-state index contributed by atoms with van der Waals surface area (Å²) in [6, 6.07) is 11.5. The third kappa shape index (κ3) is 5.66. The minimum Gasteiger partial charge on any atom is -0.492 e. The van der Waals surface area contributed by atoms with Gasteiger partial charge in [0.1, 0.15) is 12.4 Å². The van der Waals surface area contributed by atoms with Crippen LogP contribution in [0, 0.1) is 0 Å². The summed E-state index contributed by atoms with van der Waals surface area (Å²) in [6.45, 7) is 12.9. The molecule has 0 atom stereocenters. The third-order valence-corrected chi connectivity index (χ3v) is 6.01. The molecule has 2 heterocycles. The summed E-state index contributed by atoms with van der Waals surface area (Å²) in [4.78, 5) is 26.4. The smallest absolute Gasteiger partial charge is 0.256 e. The van der Waals surface area contributed by atoms with Crippen molar-refractivity contribution in [1.29, 1.82) is 0 Å². The van der Waals surface area contributed by atoms with Gasteiger partial charge in [-0.2, -0.15) is 0 Å². The molecule has 180 valence electrons. The molecule has 0 aromatic heterocycles. The van der Waals surface area contributed by atoms with Gasteiger partial charge in [-0.1, -0.05) is 32.9 Å². The number of carbonyl (C=O) groups is 2. The number of anilines is 2. The predicted octanol–water partition coefficient (Wildman–Crippen LogP) is 4.15. The molecule has 2 aliphatic rings. The fraction of sp³-hybridized carbons (Fsp3) is 0.407. The average Bonchev–Trinajstić information content (AvgIpc) is 3.08. The zero-order chi connectivity index (χ0) is 24.3. The van der Waals surface area contributed by atoms with Crippen LogP contribution in [0.4, 0.5) is 11.4 Å². The van der Waals surface area contributed by atoms with E-state index in [0.717, 1.165) is 55.3 Å². The Labute approximate surface area is 201 Å². The summed E-state index contributed by atoms with van der Waals surface area (Å²) in [6.07, 6.45) is 1.91. The van der Waals surface area contributed by atoms with Crippen molar-refractivity contribution >= 4 is 34.8 Å². The van der Waals surface area contributed by atoms with Crippen LogP contribution in [0.15, 0.2) is 36.4 Å². The van der Waals surface area contributed by atoms with Crippen molar-refractivity contribution in [2.45, 2.75) is 33.1 Å². The molecule has 1 saturated heterocycles. The van der Waals surface area contributed by atoms with Gasteiger partial charge in [0.2, 0.25) is 5.91 Å². The van der Waals surface area contributed by atoms with Crippen molar-refractivity contribution in [1.82, 2.24) is 4.90 Å². The quantitative estimate of drug-likeness (QED) is 0.630. The molecular weight excluding hydrogens is 430 g/mol. The number of fused-ring (bicyclic) bond motifs is 1. The molecular formula is C27H33N3O4. The van der Waals surface area contributed by atoms with E-state index in [1.54, 1.807) is 12.1 Å². The van der Waals surface area contributed by atoms with E-state index in [-0.39, 0.29) is 17.2 Å². The lowest BCUT2D eigenvalue weighted by molar-refractivity contribution is -0.114.